The number of amides is 1. The Kier molecular flexibility index (Phi) is 5.24. The number of hydrogen-bond acceptors (Lipinski definition) is 5. The molecule has 3 heterocycles. The quantitative estimate of drug-likeness (QED) is 0.759. The van der Waals surface area contributed by atoms with E-state index in [0.29, 0.717) is 19.4 Å². The van der Waals surface area contributed by atoms with Gasteiger partial charge >= 0.3 is 6.18 Å². The summed E-state index contributed by atoms with van der Waals surface area (Å²) in [7, 11) is 0. The van der Waals surface area contributed by atoms with Gasteiger partial charge in [0, 0.05) is 19.2 Å². The minimum absolute atomic E-state index is 0.0464. The van der Waals surface area contributed by atoms with Crippen LogP contribution >= 0.6 is 0 Å². The van der Waals surface area contributed by atoms with Crippen LogP contribution in [0.25, 0.3) is 0 Å². The van der Waals surface area contributed by atoms with Crippen LogP contribution in [-0.2, 0) is 12.6 Å². The number of likely N-dealkylation sites (tertiary alicyclic amines) is 1. The SMILES string of the molecule is CCc1ncnc(O[C@@H]2CCN(C(=O)c3ccc(C(F)(F)F)nc3)C2)c1F. The molecule has 0 bridgehead atoms. The second kappa shape index (κ2) is 7.45. The normalized spacial score (nSPS) is 17.2. The molecule has 3 rings (SSSR count). The predicted molar refractivity (Wildman–Crippen MR) is 85.5 cm³/mol. The van der Waals surface area contributed by atoms with E-state index in [4.69, 9.17) is 4.74 Å². The molecule has 0 spiro atoms. The summed E-state index contributed by atoms with van der Waals surface area (Å²) in [5.41, 5.74) is -0.778. The molecule has 144 valence electrons. The van der Waals surface area contributed by atoms with Crippen molar-refractivity contribution in [2.75, 3.05) is 13.1 Å². The number of aryl methyl sites for hydroxylation is 1. The Morgan fingerprint density at radius 1 is 1.30 bits per heavy atom. The highest BCUT2D eigenvalue weighted by molar-refractivity contribution is 5.94. The molecular weight excluding hydrogens is 368 g/mol. The minimum atomic E-state index is -4.56. The Bertz CT molecular complexity index is 827. The molecule has 1 aliphatic rings. The lowest BCUT2D eigenvalue weighted by atomic mass is 10.2. The van der Waals surface area contributed by atoms with Crippen molar-refractivity contribution in [1.82, 2.24) is 19.9 Å². The maximum absolute atomic E-state index is 14.2. The number of alkyl halides is 3. The number of hydrogen-bond donors (Lipinski definition) is 0. The Morgan fingerprint density at radius 3 is 2.70 bits per heavy atom. The van der Waals surface area contributed by atoms with Crippen molar-refractivity contribution in [1.29, 1.82) is 0 Å². The first-order chi connectivity index (χ1) is 12.8. The van der Waals surface area contributed by atoms with E-state index in [1.165, 1.54) is 11.2 Å². The molecule has 1 atom stereocenters. The van der Waals surface area contributed by atoms with Crippen LogP contribution in [0, 0.1) is 5.82 Å². The van der Waals surface area contributed by atoms with Crippen molar-refractivity contribution in [2.24, 2.45) is 0 Å². The van der Waals surface area contributed by atoms with E-state index in [0.717, 1.165) is 18.3 Å². The highest BCUT2D eigenvalue weighted by Crippen LogP contribution is 2.27. The zero-order chi connectivity index (χ0) is 19.6. The molecule has 1 saturated heterocycles. The zero-order valence-corrected chi connectivity index (χ0v) is 14.3. The van der Waals surface area contributed by atoms with E-state index < -0.39 is 29.7 Å². The van der Waals surface area contributed by atoms with Gasteiger partial charge < -0.3 is 9.64 Å². The topological polar surface area (TPSA) is 68.2 Å². The van der Waals surface area contributed by atoms with E-state index >= 15 is 0 Å². The molecule has 10 heteroatoms. The molecule has 0 saturated carbocycles. The molecule has 1 fully saturated rings. The van der Waals surface area contributed by atoms with Crippen molar-refractivity contribution in [2.45, 2.75) is 32.0 Å². The monoisotopic (exact) mass is 384 g/mol. The summed E-state index contributed by atoms with van der Waals surface area (Å²) in [5.74, 6) is -1.26. The zero-order valence-electron chi connectivity index (χ0n) is 14.3. The van der Waals surface area contributed by atoms with E-state index in [1.54, 1.807) is 6.92 Å². The first-order valence-electron chi connectivity index (χ1n) is 8.28. The molecule has 27 heavy (non-hydrogen) atoms. The van der Waals surface area contributed by atoms with Crippen molar-refractivity contribution in [3.63, 3.8) is 0 Å². The molecule has 0 aliphatic carbocycles. The molecule has 0 N–H and O–H groups in total. The Morgan fingerprint density at radius 2 is 2.07 bits per heavy atom. The van der Waals surface area contributed by atoms with Crippen LogP contribution in [0.15, 0.2) is 24.7 Å². The van der Waals surface area contributed by atoms with Gasteiger partial charge in [0.15, 0.2) is 0 Å². The van der Waals surface area contributed by atoms with Gasteiger partial charge in [0.25, 0.3) is 11.8 Å². The van der Waals surface area contributed by atoms with Crippen LogP contribution in [0.1, 0.15) is 35.1 Å². The van der Waals surface area contributed by atoms with Crippen LogP contribution in [0.5, 0.6) is 5.88 Å². The summed E-state index contributed by atoms with van der Waals surface area (Å²) >= 11 is 0. The number of rotatable bonds is 4. The third-order valence-electron chi connectivity index (χ3n) is 4.18. The van der Waals surface area contributed by atoms with Crippen molar-refractivity contribution in [3.05, 3.63) is 47.4 Å². The number of carbonyl (C=O) groups excluding carboxylic acids is 1. The summed E-state index contributed by atoms with van der Waals surface area (Å²) in [4.78, 5) is 24.7. The second-order valence-electron chi connectivity index (χ2n) is 6.00. The second-order valence-corrected chi connectivity index (χ2v) is 6.00. The first-order valence-corrected chi connectivity index (χ1v) is 8.28. The van der Waals surface area contributed by atoms with Crippen molar-refractivity contribution < 1.29 is 27.1 Å². The molecule has 0 unspecified atom stereocenters. The number of pyridine rings is 1. The molecule has 2 aromatic heterocycles. The average molecular weight is 384 g/mol. The largest absolute Gasteiger partial charge is 0.470 e. The number of halogens is 4. The third kappa shape index (κ3) is 4.15. The van der Waals surface area contributed by atoms with Crippen LogP contribution in [0.4, 0.5) is 17.6 Å². The maximum Gasteiger partial charge on any atom is 0.433 e. The fourth-order valence-electron chi connectivity index (χ4n) is 2.75. The minimum Gasteiger partial charge on any atom is -0.470 e. The van der Waals surface area contributed by atoms with E-state index in [2.05, 4.69) is 15.0 Å². The average Bonchev–Trinajstić information content (AvgIpc) is 3.11. The maximum atomic E-state index is 14.2. The highest BCUT2D eigenvalue weighted by Gasteiger charge is 2.33. The molecule has 1 amide bonds. The number of aromatic nitrogens is 3. The van der Waals surface area contributed by atoms with Crippen molar-refractivity contribution in [3.8, 4) is 5.88 Å². The van der Waals surface area contributed by atoms with Gasteiger partial charge in [0.1, 0.15) is 18.1 Å². The van der Waals surface area contributed by atoms with E-state index in [-0.39, 0.29) is 23.7 Å². The summed E-state index contributed by atoms with van der Waals surface area (Å²) in [6.07, 6.45) is -2.08. The lowest BCUT2D eigenvalue weighted by Gasteiger charge is -2.17. The van der Waals surface area contributed by atoms with Crippen LogP contribution in [0.3, 0.4) is 0 Å². The predicted octanol–water partition coefficient (Wildman–Crippen LogP) is 2.89. The number of ether oxygens (including phenoxy) is 1. The smallest absolute Gasteiger partial charge is 0.433 e. The Balaban J connectivity index is 1.65. The fourth-order valence-corrected chi connectivity index (χ4v) is 2.75. The van der Waals surface area contributed by atoms with Gasteiger partial charge in [-0.1, -0.05) is 6.92 Å². The lowest BCUT2D eigenvalue weighted by molar-refractivity contribution is -0.141. The molecule has 1 aliphatic heterocycles. The van der Waals surface area contributed by atoms with Gasteiger partial charge in [-0.15, -0.1) is 0 Å². The fraction of sp³-hybridized carbons (Fsp3) is 0.412. The van der Waals surface area contributed by atoms with Gasteiger partial charge in [-0.2, -0.15) is 22.5 Å². The van der Waals surface area contributed by atoms with Gasteiger partial charge in [-0.05, 0) is 18.6 Å². The molecule has 0 radical (unpaired) electrons. The van der Waals surface area contributed by atoms with Crippen LogP contribution in [0.2, 0.25) is 0 Å². The summed E-state index contributed by atoms with van der Waals surface area (Å²) in [6.45, 7) is 2.26. The number of nitrogens with zero attached hydrogens (tertiary/aromatic N) is 4. The summed E-state index contributed by atoms with van der Waals surface area (Å²) < 4.78 is 57.3. The first kappa shape index (κ1) is 19.0. The van der Waals surface area contributed by atoms with Gasteiger partial charge in [-0.3, -0.25) is 9.78 Å². The highest BCUT2D eigenvalue weighted by atomic mass is 19.4. The van der Waals surface area contributed by atoms with Gasteiger partial charge in [0.05, 0.1) is 17.8 Å². The summed E-state index contributed by atoms with van der Waals surface area (Å²) in [6, 6.07) is 1.85. The lowest BCUT2D eigenvalue weighted by Crippen LogP contribution is -2.31. The summed E-state index contributed by atoms with van der Waals surface area (Å²) in [5, 5.41) is 0. The van der Waals surface area contributed by atoms with Crippen molar-refractivity contribution >= 4 is 5.91 Å². The van der Waals surface area contributed by atoms with E-state index in [9.17, 15) is 22.4 Å². The Labute approximate surface area is 152 Å². The molecule has 0 aromatic carbocycles. The third-order valence-corrected chi connectivity index (χ3v) is 4.18. The standard InChI is InChI=1S/C17H16F4N4O2/c1-2-12-14(18)15(24-9-23-12)27-11-5-6-25(8-11)16(26)10-3-4-13(22-7-10)17(19,20)21/h3-4,7,9,11H,2,5-6,8H2,1H3/t11-/m1/s1. The molecule has 6 nitrogen and oxygen atoms in total. The molecule has 2 aromatic rings. The molecular formula is C17H16F4N4O2. The van der Waals surface area contributed by atoms with Crippen LogP contribution in [-0.4, -0.2) is 45.0 Å². The Hall–Kier alpha value is -2.78. The van der Waals surface area contributed by atoms with E-state index in [1.807, 2.05) is 0 Å². The van der Waals surface area contributed by atoms with Gasteiger partial charge in [0.2, 0.25) is 5.82 Å². The van der Waals surface area contributed by atoms with Gasteiger partial charge in [-0.25, -0.2) is 4.98 Å². The number of carbonyl (C=O) groups is 1. The van der Waals surface area contributed by atoms with Crippen LogP contribution < -0.4 is 4.74 Å².